The number of likely N-dealkylation sites (tertiary alicyclic amines) is 1. The molecule has 1 fully saturated rings. The van der Waals surface area contributed by atoms with Crippen molar-refractivity contribution in [2.24, 2.45) is 5.92 Å². The Hall–Kier alpha value is -1.22. The summed E-state index contributed by atoms with van der Waals surface area (Å²) in [6.07, 6.45) is 4.41. The second kappa shape index (κ2) is 7.69. The number of halogens is 1. The fourth-order valence-electron chi connectivity index (χ4n) is 2.74. The van der Waals surface area contributed by atoms with Crippen LogP contribution in [0.25, 0.3) is 0 Å². The third-order valence-electron chi connectivity index (χ3n) is 4.08. The summed E-state index contributed by atoms with van der Waals surface area (Å²) >= 11 is 6.09. The van der Waals surface area contributed by atoms with E-state index in [-0.39, 0.29) is 5.91 Å². The standard InChI is InChI=1S/C17H25ClN2O/c1-3-9-19-16-7-6-14(18)12-15(16)17(21)20-10-4-5-13(2)8-11-20/h6-7,12-13,19H,3-5,8-11H2,1-2H3. The lowest BCUT2D eigenvalue weighted by Gasteiger charge is -2.22. The molecule has 1 aliphatic rings. The van der Waals surface area contributed by atoms with Crippen molar-refractivity contribution < 1.29 is 4.79 Å². The van der Waals surface area contributed by atoms with E-state index in [0.29, 0.717) is 16.5 Å². The van der Waals surface area contributed by atoms with Crippen LogP contribution in [0.3, 0.4) is 0 Å². The first kappa shape index (κ1) is 16.2. The second-order valence-electron chi connectivity index (χ2n) is 5.94. The third-order valence-corrected chi connectivity index (χ3v) is 4.32. The molecule has 1 aromatic rings. The lowest BCUT2D eigenvalue weighted by atomic mass is 10.0. The van der Waals surface area contributed by atoms with Gasteiger partial charge < -0.3 is 10.2 Å². The summed E-state index contributed by atoms with van der Waals surface area (Å²) in [6, 6.07) is 5.53. The van der Waals surface area contributed by atoms with Gasteiger partial charge in [0.15, 0.2) is 0 Å². The van der Waals surface area contributed by atoms with E-state index in [9.17, 15) is 4.79 Å². The van der Waals surface area contributed by atoms with Crippen molar-refractivity contribution in [2.75, 3.05) is 25.0 Å². The summed E-state index contributed by atoms with van der Waals surface area (Å²) in [6.45, 7) is 6.93. The highest BCUT2D eigenvalue weighted by atomic mass is 35.5. The highest BCUT2D eigenvalue weighted by molar-refractivity contribution is 6.31. The van der Waals surface area contributed by atoms with Crippen LogP contribution in [0.4, 0.5) is 5.69 Å². The van der Waals surface area contributed by atoms with Gasteiger partial charge in [-0.05, 0) is 49.8 Å². The number of nitrogens with zero attached hydrogens (tertiary/aromatic N) is 1. The monoisotopic (exact) mass is 308 g/mol. The minimum absolute atomic E-state index is 0.102. The van der Waals surface area contributed by atoms with Crippen molar-refractivity contribution in [3.8, 4) is 0 Å². The number of carbonyl (C=O) groups excluding carboxylic acids is 1. The van der Waals surface area contributed by atoms with Gasteiger partial charge in [-0.2, -0.15) is 0 Å². The summed E-state index contributed by atoms with van der Waals surface area (Å²) < 4.78 is 0. The number of hydrogen-bond acceptors (Lipinski definition) is 2. The molecule has 0 radical (unpaired) electrons. The third kappa shape index (κ3) is 4.37. The van der Waals surface area contributed by atoms with Crippen molar-refractivity contribution in [3.05, 3.63) is 28.8 Å². The molecule has 2 rings (SSSR count). The normalized spacial score (nSPS) is 19.2. The first-order valence-corrected chi connectivity index (χ1v) is 8.32. The Labute approximate surface area is 132 Å². The zero-order valence-electron chi connectivity index (χ0n) is 13.0. The number of amides is 1. The molecule has 1 atom stereocenters. The second-order valence-corrected chi connectivity index (χ2v) is 6.38. The van der Waals surface area contributed by atoms with Crippen molar-refractivity contribution in [1.29, 1.82) is 0 Å². The molecule has 1 amide bonds. The van der Waals surface area contributed by atoms with Gasteiger partial charge in [0.05, 0.1) is 5.56 Å². The maximum atomic E-state index is 12.8. The lowest BCUT2D eigenvalue weighted by Crippen LogP contribution is -2.32. The molecule has 1 saturated heterocycles. The van der Waals surface area contributed by atoms with Crippen LogP contribution in [0, 0.1) is 5.92 Å². The molecule has 1 heterocycles. The molecular formula is C17H25ClN2O. The SMILES string of the molecule is CCCNc1ccc(Cl)cc1C(=O)N1CCCC(C)CC1. The fourth-order valence-corrected chi connectivity index (χ4v) is 2.92. The predicted molar refractivity (Wildman–Crippen MR) is 89.2 cm³/mol. The summed E-state index contributed by atoms with van der Waals surface area (Å²) in [5, 5.41) is 3.94. The minimum atomic E-state index is 0.102. The maximum Gasteiger partial charge on any atom is 0.256 e. The Morgan fingerprint density at radius 1 is 1.38 bits per heavy atom. The van der Waals surface area contributed by atoms with Gasteiger partial charge in [0, 0.05) is 30.3 Å². The molecule has 0 aliphatic carbocycles. The number of rotatable bonds is 4. The molecule has 0 saturated carbocycles. The molecular weight excluding hydrogens is 284 g/mol. The molecule has 1 N–H and O–H groups in total. The molecule has 21 heavy (non-hydrogen) atoms. The number of hydrogen-bond donors (Lipinski definition) is 1. The summed E-state index contributed by atoms with van der Waals surface area (Å²) in [5.41, 5.74) is 1.59. The number of carbonyl (C=O) groups is 1. The zero-order chi connectivity index (χ0) is 15.2. The molecule has 1 aromatic carbocycles. The number of anilines is 1. The van der Waals surface area contributed by atoms with Crippen LogP contribution in [0.1, 0.15) is 49.9 Å². The van der Waals surface area contributed by atoms with Crippen LogP contribution >= 0.6 is 11.6 Å². The maximum absolute atomic E-state index is 12.8. The lowest BCUT2D eigenvalue weighted by molar-refractivity contribution is 0.0761. The van der Waals surface area contributed by atoms with E-state index in [0.717, 1.165) is 44.6 Å². The van der Waals surface area contributed by atoms with E-state index >= 15 is 0 Å². The predicted octanol–water partition coefficient (Wildman–Crippen LogP) is 4.42. The van der Waals surface area contributed by atoms with Crippen molar-refractivity contribution >= 4 is 23.2 Å². The van der Waals surface area contributed by atoms with Gasteiger partial charge in [-0.25, -0.2) is 0 Å². The average Bonchev–Trinajstić information content (AvgIpc) is 2.70. The molecule has 3 nitrogen and oxygen atoms in total. The van der Waals surface area contributed by atoms with E-state index < -0.39 is 0 Å². The van der Waals surface area contributed by atoms with Crippen LogP contribution in [0.2, 0.25) is 5.02 Å². The van der Waals surface area contributed by atoms with Gasteiger partial charge >= 0.3 is 0 Å². The number of benzene rings is 1. The van der Waals surface area contributed by atoms with Crippen molar-refractivity contribution in [1.82, 2.24) is 4.90 Å². The Kier molecular flexibility index (Phi) is 5.92. The van der Waals surface area contributed by atoms with Crippen LogP contribution in [-0.2, 0) is 0 Å². The minimum Gasteiger partial charge on any atom is -0.384 e. The summed E-state index contributed by atoms with van der Waals surface area (Å²) in [5.74, 6) is 0.810. The van der Waals surface area contributed by atoms with E-state index in [2.05, 4.69) is 19.2 Å². The molecule has 0 bridgehead atoms. The zero-order valence-corrected chi connectivity index (χ0v) is 13.7. The van der Waals surface area contributed by atoms with Gasteiger partial charge in [-0.3, -0.25) is 4.79 Å². The average molecular weight is 309 g/mol. The van der Waals surface area contributed by atoms with Gasteiger partial charge in [0.25, 0.3) is 5.91 Å². The van der Waals surface area contributed by atoms with E-state index in [1.54, 1.807) is 6.07 Å². The molecule has 116 valence electrons. The van der Waals surface area contributed by atoms with Crippen molar-refractivity contribution in [3.63, 3.8) is 0 Å². The Bertz CT molecular complexity index is 490. The van der Waals surface area contributed by atoms with Gasteiger partial charge in [-0.1, -0.05) is 25.4 Å². The van der Waals surface area contributed by atoms with Crippen LogP contribution in [-0.4, -0.2) is 30.4 Å². The Morgan fingerprint density at radius 3 is 2.95 bits per heavy atom. The molecule has 1 aliphatic heterocycles. The molecule has 0 spiro atoms. The van der Waals surface area contributed by atoms with E-state index in [1.165, 1.54) is 6.42 Å². The smallest absolute Gasteiger partial charge is 0.256 e. The quantitative estimate of drug-likeness (QED) is 0.892. The van der Waals surface area contributed by atoms with Gasteiger partial charge in [-0.15, -0.1) is 0 Å². The fraction of sp³-hybridized carbons (Fsp3) is 0.588. The van der Waals surface area contributed by atoms with Crippen LogP contribution in [0.15, 0.2) is 18.2 Å². The Balaban J connectivity index is 2.18. The van der Waals surface area contributed by atoms with Gasteiger partial charge in [0.2, 0.25) is 0 Å². The van der Waals surface area contributed by atoms with E-state index in [1.807, 2.05) is 17.0 Å². The van der Waals surface area contributed by atoms with Crippen molar-refractivity contribution in [2.45, 2.75) is 39.5 Å². The van der Waals surface area contributed by atoms with Crippen LogP contribution in [0.5, 0.6) is 0 Å². The topological polar surface area (TPSA) is 32.3 Å². The van der Waals surface area contributed by atoms with Gasteiger partial charge in [0.1, 0.15) is 0 Å². The molecule has 1 unspecified atom stereocenters. The van der Waals surface area contributed by atoms with Crippen LogP contribution < -0.4 is 5.32 Å². The number of nitrogens with one attached hydrogen (secondary N) is 1. The first-order valence-electron chi connectivity index (χ1n) is 7.94. The highest BCUT2D eigenvalue weighted by Crippen LogP contribution is 2.24. The molecule has 0 aromatic heterocycles. The first-order chi connectivity index (χ1) is 10.1. The largest absolute Gasteiger partial charge is 0.384 e. The summed E-state index contributed by atoms with van der Waals surface area (Å²) in [4.78, 5) is 14.8. The highest BCUT2D eigenvalue weighted by Gasteiger charge is 2.22. The Morgan fingerprint density at radius 2 is 2.19 bits per heavy atom. The van der Waals surface area contributed by atoms with E-state index in [4.69, 9.17) is 11.6 Å². The molecule has 4 heteroatoms. The summed E-state index contributed by atoms with van der Waals surface area (Å²) in [7, 11) is 0.